The van der Waals surface area contributed by atoms with Gasteiger partial charge in [-0.15, -0.1) is 5.10 Å². The van der Waals surface area contributed by atoms with Gasteiger partial charge in [-0.1, -0.05) is 32.0 Å². The van der Waals surface area contributed by atoms with Gasteiger partial charge in [0.1, 0.15) is 0 Å². The summed E-state index contributed by atoms with van der Waals surface area (Å²) in [6.45, 7) is 5.45. The quantitative estimate of drug-likeness (QED) is 0.682. The van der Waals surface area contributed by atoms with Crippen LogP contribution in [0.1, 0.15) is 52.0 Å². The number of H-pyrrole nitrogens is 1. The second kappa shape index (κ2) is 7.14. The zero-order valence-electron chi connectivity index (χ0n) is 11.8. The molecule has 0 bridgehead atoms. The lowest BCUT2D eigenvalue weighted by Gasteiger charge is -2.17. The molecular weight excluding hydrogens is 260 g/mol. The van der Waals surface area contributed by atoms with Gasteiger partial charge in [0.25, 0.3) is 0 Å². The Bertz CT molecular complexity index is 438. The minimum atomic E-state index is -0.0569. The molecule has 1 aliphatic carbocycles. The van der Waals surface area contributed by atoms with Crippen molar-refractivity contribution < 1.29 is 0 Å². The fraction of sp³-hybridized carbons (Fsp3) is 0.846. The molecule has 1 heterocycles. The van der Waals surface area contributed by atoms with E-state index in [9.17, 15) is 4.79 Å². The van der Waals surface area contributed by atoms with Crippen LogP contribution in [-0.2, 0) is 0 Å². The van der Waals surface area contributed by atoms with Crippen LogP contribution in [-0.4, -0.2) is 33.1 Å². The molecule has 0 radical (unpaired) electrons. The first kappa shape index (κ1) is 14.7. The van der Waals surface area contributed by atoms with E-state index in [1.54, 1.807) is 11.8 Å². The fourth-order valence-electron chi connectivity index (χ4n) is 2.16. The van der Waals surface area contributed by atoms with Gasteiger partial charge in [-0.25, -0.2) is 9.89 Å². The molecule has 1 aromatic rings. The van der Waals surface area contributed by atoms with Gasteiger partial charge < -0.3 is 5.32 Å². The van der Waals surface area contributed by atoms with E-state index >= 15 is 0 Å². The summed E-state index contributed by atoms with van der Waals surface area (Å²) in [4.78, 5) is 11.7. The number of hydrogen-bond donors (Lipinski definition) is 2. The molecule has 1 atom stereocenters. The molecule has 2 N–H and O–H groups in total. The number of aromatic amines is 1. The smallest absolute Gasteiger partial charge is 0.313 e. The first-order chi connectivity index (χ1) is 9.26. The maximum absolute atomic E-state index is 11.7. The molecule has 0 spiro atoms. The van der Waals surface area contributed by atoms with E-state index in [1.165, 1.54) is 12.8 Å². The van der Waals surface area contributed by atoms with Crippen LogP contribution >= 0.6 is 11.8 Å². The number of nitrogens with zero attached hydrogens (tertiary/aromatic N) is 2. The van der Waals surface area contributed by atoms with E-state index in [-0.39, 0.29) is 5.69 Å². The van der Waals surface area contributed by atoms with E-state index in [0.29, 0.717) is 12.1 Å². The normalized spacial score (nSPS) is 16.7. The Kier molecular flexibility index (Phi) is 5.51. The van der Waals surface area contributed by atoms with Gasteiger partial charge >= 0.3 is 5.69 Å². The number of thioether (sulfide) groups is 1. The average Bonchev–Trinajstić information content (AvgIpc) is 3.17. The summed E-state index contributed by atoms with van der Waals surface area (Å²) in [7, 11) is 0. The van der Waals surface area contributed by atoms with Gasteiger partial charge in [-0.3, -0.25) is 4.57 Å². The van der Waals surface area contributed by atoms with Crippen LogP contribution in [0.4, 0.5) is 0 Å². The lowest BCUT2D eigenvalue weighted by Crippen LogP contribution is -2.32. The number of nitrogens with one attached hydrogen (secondary N) is 2. The van der Waals surface area contributed by atoms with Crippen LogP contribution in [0, 0.1) is 0 Å². The fourth-order valence-corrected chi connectivity index (χ4v) is 3.28. The molecule has 2 rings (SSSR count). The Morgan fingerprint density at radius 3 is 2.89 bits per heavy atom. The van der Waals surface area contributed by atoms with Crippen LogP contribution in [0.5, 0.6) is 0 Å². The van der Waals surface area contributed by atoms with Crippen LogP contribution < -0.4 is 11.0 Å². The molecule has 108 valence electrons. The van der Waals surface area contributed by atoms with Crippen molar-refractivity contribution in [3.8, 4) is 0 Å². The van der Waals surface area contributed by atoms with E-state index in [1.807, 2.05) is 4.57 Å². The van der Waals surface area contributed by atoms with Gasteiger partial charge in [0.15, 0.2) is 5.16 Å². The van der Waals surface area contributed by atoms with Crippen LogP contribution in [0.15, 0.2) is 9.95 Å². The van der Waals surface area contributed by atoms with Crippen LogP contribution in [0.3, 0.4) is 0 Å². The van der Waals surface area contributed by atoms with Crippen molar-refractivity contribution in [3.63, 3.8) is 0 Å². The molecule has 6 heteroatoms. The van der Waals surface area contributed by atoms with E-state index in [0.717, 1.165) is 36.7 Å². The highest BCUT2D eigenvalue weighted by molar-refractivity contribution is 7.99. The Morgan fingerprint density at radius 1 is 1.47 bits per heavy atom. The van der Waals surface area contributed by atoms with Crippen molar-refractivity contribution in [1.82, 2.24) is 20.1 Å². The number of rotatable bonds is 9. The third-order valence-corrected chi connectivity index (χ3v) is 4.43. The summed E-state index contributed by atoms with van der Waals surface area (Å²) < 4.78 is 1.83. The van der Waals surface area contributed by atoms with Crippen molar-refractivity contribution in [2.75, 3.05) is 12.3 Å². The Labute approximate surface area is 118 Å². The summed E-state index contributed by atoms with van der Waals surface area (Å²) in [6.07, 6.45) is 5.72. The zero-order chi connectivity index (χ0) is 13.7. The first-order valence-electron chi connectivity index (χ1n) is 7.29. The molecule has 0 saturated heterocycles. The van der Waals surface area contributed by atoms with E-state index in [4.69, 9.17) is 0 Å². The predicted octanol–water partition coefficient (Wildman–Crippen LogP) is 2.17. The predicted molar refractivity (Wildman–Crippen MR) is 78.8 cm³/mol. The second-order valence-electron chi connectivity index (χ2n) is 5.16. The maximum atomic E-state index is 11.7. The Balaban J connectivity index is 1.90. The summed E-state index contributed by atoms with van der Waals surface area (Å²) in [5.41, 5.74) is -0.0569. The molecule has 0 aliphatic heterocycles. The first-order valence-corrected chi connectivity index (χ1v) is 8.27. The molecule has 5 nitrogen and oxygen atoms in total. The van der Waals surface area contributed by atoms with Gasteiger partial charge in [-0.2, -0.15) is 0 Å². The molecule has 19 heavy (non-hydrogen) atoms. The third-order valence-electron chi connectivity index (χ3n) is 3.32. The highest BCUT2D eigenvalue weighted by atomic mass is 32.2. The average molecular weight is 284 g/mol. The monoisotopic (exact) mass is 284 g/mol. The minimum Gasteiger partial charge on any atom is -0.313 e. The van der Waals surface area contributed by atoms with Crippen molar-refractivity contribution in [2.24, 2.45) is 0 Å². The molecule has 1 unspecified atom stereocenters. The molecule has 1 saturated carbocycles. The molecular formula is C13H24N4OS. The van der Waals surface area contributed by atoms with Crippen LogP contribution in [0.25, 0.3) is 0 Å². The second-order valence-corrected chi connectivity index (χ2v) is 6.15. The van der Waals surface area contributed by atoms with Gasteiger partial charge in [0, 0.05) is 17.8 Å². The van der Waals surface area contributed by atoms with E-state index < -0.39 is 0 Å². The zero-order valence-corrected chi connectivity index (χ0v) is 12.6. The van der Waals surface area contributed by atoms with Crippen molar-refractivity contribution in [2.45, 2.75) is 63.2 Å². The molecule has 0 aromatic carbocycles. The summed E-state index contributed by atoms with van der Waals surface area (Å²) >= 11 is 1.69. The van der Waals surface area contributed by atoms with Gasteiger partial charge in [0.05, 0.1) is 0 Å². The van der Waals surface area contributed by atoms with Crippen molar-refractivity contribution in [1.29, 1.82) is 0 Å². The minimum absolute atomic E-state index is 0.0569. The Morgan fingerprint density at radius 2 is 2.26 bits per heavy atom. The molecule has 1 aromatic heterocycles. The lowest BCUT2D eigenvalue weighted by molar-refractivity contribution is 0.513. The largest absolute Gasteiger partial charge is 0.344 e. The van der Waals surface area contributed by atoms with Gasteiger partial charge in [0.2, 0.25) is 0 Å². The summed E-state index contributed by atoms with van der Waals surface area (Å²) in [5.74, 6) is 0.977. The topological polar surface area (TPSA) is 62.7 Å². The van der Waals surface area contributed by atoms with Crippen molar-refractivity contribution in [3.05, 3.63) is 10.5 Å². The highest BCUT2D eigenvalue weighted by Gasteiger charge is 2.28. The van der Waals surface area contributed by atoms with Gasteiger partial charge in [-0.05, 0) is 32.2 Å². The standard InChI is InChI=1S/C13H24N4OS/c1-3-5-10(14-8-4-2)9-19-13-16-15-12(18)17(13)11-6-7-11/h10-11,14H,3-9H2,1-2H3,(H,15,18). The van der Waals surface area contributed by atoms with Crippen LogP contribution in [0.2, 0.25) is 0 Å². The number of hydrogen-bond acceptors (Lipinski definition) is 4. The summed E-state index contributed by atoms with van der Waals surface area (Å²) in [6, 6.07) is 0.899. The molecule has 0 amide bonds. The maximum Gasteiger partial charge on any atom is 0.344 e. The number of aromatic nitrogens is 3. The molecule has 1 aliphatic rings. The highest BCUT2D eigenvalue weighted by Crippen LogP contribution is 2.36. The summed E-state index contributed by atoms with van der Waals surface area (Å²) in [5, 5.41) is 11.1. The van der Waals surface area contributed by atoms with Crippen molar-refractivity contribution >= 4 is 11.8 Å². The lowest BCUT2D eigenvalue weighted by atomic mass is 10.2. The SMILES string of the molecule is CCCNC(CCC)CSc1n[nH]c(=O)n1C1CC1. The van der Waals surface area contributed by atoms with E-state index in [2.05, 4.69) is 29.4 Å². The Hall–Kier alpha value is -0.750. The third kappa shape index (κ3) is 4.11. The molecule has 1 fully saturated rings.